The molecule has 0 heterocycles. The summed E-state index contributed by atoms with van der Waals surface area (Å²) in [5, 5.41) is 0. The van der Waals surface area contributed by atoms with Crippen molar-refractivity contribution in [2.75, 3.05) is 21.3 Å². The molecule has 16 heavy (non-hydrogen) atoms. The predicted molar refractivity (Wildman–Crippen MR) is 58.4 cm³/mol. The van der Waals surface area contributed by atoms with E-state index in [1.54, 1.807) is 32.4 Å². The Morgan fingerprint density at radius 2 is 1.88 bits per heavy atom. The van der Waals surface area contributed by atoms with Crippen LogP contribution in [0.15, 0.2) is 18.2 Å². The molecule has 5 nitrogen and oxygen atoms in total. The highest BCUT2D eigenvalue weighted by Gasteiger charge is 2.07. The van der Waals surface area contributed by atoms with E-state index in [0.29, 0.717) is 11.5 Å². The Bertz CT molecular complexity index is 365. The predicted octanol–water partition coefficient (Wildman–Crippen LogP) is 0.924. The second-order valence-corrected chi connectivity index (χ2v) is 3.10. The van der Waals surface area contributed by atoms with Crippen LogP contribution in [-0.4, -0.2) is 27.2 Å². The van der Waals surface area contributed by atoms with Crippen LogP contribution < -0.4 is 15.0 Å². The van der Waals surface area contributed by atoms with Gasteiger partial charge in [0.2, 0.25) is 5.91 Å². The first kappa shape index (κ1) is 12.3. The van der Waals surface area contributed by atoms with Crippen LogP contribution in [0.4, 0.5) is 0 Å². The fourth-order valence-electron chi connectivity index (χ4n) is 1.33. The standard InChI is InChI=1S/C11H15NO4/c1-14-9-5-4-8(6-10(9)15-2)7-11(13)12-16-3/h4-6H,7H2,1-3H3,(H,12,13). The molecule has 0 atom stereocenters. The Labute approximate surface area is 94.3 Å². The Morgan fingerprint density at radius 1 is 1.19 bits per heavy atom. The van der Waals surface area contributed by atoms with E-state index in [-0.39, 0.29) is 12.3 Å². The quantitative estimate of drug-likeness (QED) is 0.757. The topological polar surface area (TPSA) is 56.8 Å². The first-order chi connectivity index (χ1) is 7.71. The van der Waals surface area contributed by atoms with E-state index < -0.39 is 0 Å². The van der Waals surface area contributed by atoms with Crippen molar-refractivity contribution < 1.29 is 19.1 Å². The van der Waals surface area contributed by atoms with E-state index in [1.807, 2.05) is 0 Å². The lowest BCUT2D eigenvalue weighted by atomic mass is 10.1. The summed E-state index contributed by atoms with van der Waals surface area (Å²) in [6.45, 7) is 0. The smallest absolute Gasteiger partial charge is 0.247 e. The van der Waals surface area contributed by atoms with Crippen LogP contribution in [0.5, 0.6) is 11.5 Å². The lowest BCUT2D eigenvalue weighted by molar-refractivity contribution is -0.130. The second kappa shape index (κ2) is 5.97. The van der Waals surface area contributed by atoms with Gasteiger partial charge >= 0.3 is 0 Å². The molecule has 88 valence electrons. The lowest BCUT2D eigenvalue weighted by Gasteiger charge is -2.09. The van der Waals surface area contributed by atoms with E-state index in [1.165, 1.54) is 7.11 Å². The number of hydrogen-bond donors (Lipinski definition) is 1. The number of carbonyl (C=O) groups excluding carboxylic acids is 1. The fraction of sp³-hybridized carbons (Fsp3) is 0.364. The third-order valence-electron chi connectivity index (χ3n) is 2.03. The highest BCUT2D eigenvalue weighted by molar-refractivity contribution is 5.77. The summed E-state index contributed by atoms with van der Waals surface area (Å²) in [4.78, 5) is 15.8. The van der Waals surface area contributed by atoms with Gasteiger partial charge in [-0.05, 0) is 17.7 Å². The Hall–Kier alpha value is -1.75. The van der Waals surface area contributed by atoms with Gasteiger partial charge in [0, 0.05) is 0 Å². The van der Waals surface area contributed by atoms with Gasteiger partial charge in [-0.25, -0.2) is 5.48 Å². The minimum Gasteiger partial charge on any atom is -0.493 e. The number of hydrogen-bond acceptors (Lipinski definition) is 4. The minimum absolute atomic E-state index is 0.213. The van der Waals surface area contributed by atoms with Crippen LogP contribution in [0.1, 0.15) is 5.56 Å². The van der Waals surface area contributed by atoms with Gasteiger partial charge in [-0.2, -0.15) is 0 Å². The molecule has 1 N–H and O–H groups in total. The van der Waals surface area contributed by atoms with Crippen LogP contribution in [0.25, 0.3) is 0 Å². The van der Waals surface area contributed by atoms with Gasteiger partial charge in [-0.15, -0.1) is 0 Å². The summed E-state index contributed by atoms with van der Waals surface area (Å²) in [6.07, 6.45) is 0.230. The SMILES string of the molecule is CONC(=O)Cc1ccc(OC)c(OC)c1. The molecule has 0 spiro atoms. The maximum Gasteiger partial charge on any atom is 0.247 e. The third-order valence-corrected chi connectivity index (χ3v) is 2.03. The van der Waals surface area contributed by atoms with Crippen molar-refractivity contribution in [1.82, 2.24) is 5.48 Å². The van der Waals surface area contributed by atoms with Gasteiger partial charge in [0.25, 0.3) is 0 Å². The summed E-state index contributed by atoms with van der Waals surface area (Å²) in [5.41, 5.74) is 3.08. The fourth-order valence-corrected chi connectivity index (χ4v) is 1.33. The normalized spacial score (nSPS) is 9.69. The summed E-state index contributed by atoms with van der Waals surface area (Å²) < 4.78 is 10.2. The van der Waals surface area contributed by atoms with Crippen molar-refractivity contribution >= 4 is 5.91 Å². The number of amides is 1. The van der Waals surface area contributed by atoms with E-state index >= 15 is 0 Å². The van der Waals surface area contributed by atoms with Crippen LogP contribution in [-0.2, 0) is 16.1 Å². The first-order valence-electron chi connectivity index (χ1n) is 4.74. The van der Waals surface area contributed by atoms with Crippen molar-refractivity contribution in [3.8, 4) is 11.5 Å². The molecule has 0 radical (unpaired) electrons. The van der Waals surface area contributed by atoms with Crippen LogP contribution >= 0.6 is 0 Å². The third kappa shape index (κ3) is 3.13. The molecule has 1 aromatic rings. The number of rotatable bonds is 5. The van der Waals surface area contributed by atoms with Crippen molar-refractivity contribution in [2.24, 2.45) is 0 Å². The number of benzene rings is 1. The van der Waals surface area contributed by atoms with E-state index in [0.717, 1.165) is 5.56 Å². The largest absolute Gasteiger partial charge is 0.493 e. The molecule has 1 rings (SSSR count). The molecule has 1 aromatic carbocycles. The molecule has 0 aromatic heterocycles. The number of hydroxylamine groups is 1. The lowest BCUT2D eigenvalue weighted by Crippen LogP contribution is -2.23. The molecule has 0 aliphatic heterocycles. The van der Waals surface area contributed by atoms with Crippen LogP contribution in [0.3, 0.4) is 0 Å². The molecule has 0 aliphatic rings. The van der Waals surface area contributed by atoms with Crippen LogP contribution in [0, 0.1) is 0 Å². The number of carbonyl (C=O) groups is 1. The van der Waals surface area contributed by atoms with Crippen molar-refractivity contribution in [3.05, 3.63) is 23.8 Å². The molecule has 0 saturated heterocycles. The average Bonchev–Trinajstić information content (AvgIpc) is 2.29. The molecular weight excluding hydrogens is 210 g/mol. The Balaban J connectivity index is 2.78. The molecule has 5 heteroatoms. The zero-order chi connectivity index (χ0) is 12.0. The van der Waals surface area contributed by atoms with Gasteiger partial charge in [-0.3, -0.25) is 9.63 Å². The molecular formula is C11H15NO4. The van der Waals surface area contributed by atoms with Crippen LogP contribution in [0.2, 0.25) is 0 Å². The van der Waals surface area contributed by atoms with Gasteiger partial charge in [0.1, 0.15) is 0 Å². The summed E-state index contributed by atoms with van der Waals surface area (Å²) in [5.74, 6) is 1.03. The van der Waals surface area contributed by atoms with Gasteiger partial charge in [0.15, 0.2) is 11.5 Å². The highest BCUT2D eigenvalue weighted by Crippen LogP contribution is 2.27. The summed E-state index contributed by atoms with van der Waals surface area (Å²) in [6, 6.07) is 5.32. The molecule has 0 aliphatic carbocycles. The number of ether oxygens (including phenoxy) is 2. The Kier molecular flexibility index (Phi) is 4.60. The van der Waals surface area contributed by atoms with E-state index in [9.17, 15) is 4.79 Å². The van der Waals surface area contributed by atoms with E-state index in [4.69, 9.17) is 9.47 Å². The van der Waals surface area contributed by atoms with Crippen molar-refractivity contribution in [2.45, 2.75) is 6.42 Å². The van der Waals surface area contributed by atoms with Gasteiger partial charge in [0.05, 0.1) is 27.8 Å². The molecule has 0 unspecified atom stereocenters. The number of nitrogens with one attached hydrogen (secondary N) is 1. The number of methoxy groups -OCH3 is 2. The monoisotopic (exact) mass is 225 g/mol. The van der Waals surface area contributed by atoms with E-state index in [2.05, 4.69) is 10.3 Å². The van der Waals surface area contributed by atoms with Gasteiger partial charge < -0.3 is 9.47 Å². The average molecular weight is 225 g/mol. The molecule has 0 saturated carbocycles. The maximum absolute atomic E-state index is 11.3. The Morgan fingerprint density at radius 3 is 2.44 bits per heavy atom. The molecule has 0 bridgehead atoms. The zero-order valence-corrected chi connectivity index (χ0v) is 9.57. The summed E-state index contributed by atoms with van der Waals surface area (Å²) >= 11 is 0. The zero-order valence-electron chi connectivity index (χ0n) is 9.57. The highest BCUT2D eigenvalue weighted by atomic mass is 16.6. The summed E-state index contributed by atoms with van der Waals surface area (Å²) in [7, 11) is 4.51. The first-order valence-corrected chi connectivity index (χ1v) is 4.74. The van der Waals surface area contributed by atoms with Crippen molar-refractivity contribution in [3.63, 3.8) is 0 Å². The second-order valence-electron chi connectivity index (χ2n) is 3.10. The van der Waals surface area contributed by atoms with Crippen molar-refractivity contribution in [1.29, 1.82) is 0 Å². The minimum atomic E-state index is -0.213. The van der Waals surface area contributed by atoms with Gasteiger partial charge in [-0.1, -0.05) is 6.07 Å². The molecule has 0 fully saturated rings. The molecule has 1 amide bonds. The maximum atomic E-state index is 11.3.